The first kappa shape index (κ1) is 11.8. The van der Waals surface area contributed by atoms with E-state index < -0.39 is 0 Å². The number of benzene rings is 1. The molecule has 0 amide bonds. The van der Waals surface area contributed by atoms with Crippen LogP contribution in [0.3, 0.4) is 0 Å². The fraction of sp³-hybridized carbons (Fsp3) is 0.462. The molecule has 90 valence electrons. The van der Waals surface area contributed by atoms with Crippen LogP contribution in [0.4, 0.5) is 4.39 Å². The van der Waals surface area contributed by atoms with E-state index in [4.69, 9.17) is 4.74 Å². The van der Waals surface area contributed by atoms with Crippen molar-refractivity contribution in [1.29, 1.82) is 0 Å². The zero-order valence-corrected chi connectivity index (χ0v) is 9.43. The number of nitrogens with zero attached hydrogens (tertiary/aromatic N) is 1. The molecule has 1 fully saturated rings. The number of carbonyl (C=O) groups excluding carboxylic acids is 1. The van der Waals surface area contributed by atoms with E-state index in [2.05, 4.69) is 4.99 Å². The number of rotatable bonds is 3. The van der Waals surface area contributed by atoms with Crippen molar-refractivity contribution in [1.82, 2.24) is 0 Å². The first-order valence-corrected chi connectivity index (χ1v) is 5.77. The van der Waals surface area contributed by atoms with E-state index in [1.165, 1.54) is 12.1 Å². The molecule has 17 heavy (non-hydrogen) atoms. The van der Waals surface area contributed by atoms with Crippen LogP contribution in [0.5, 0.6) is 5.75 Å². The van der Waals surface area contributed by atoms with Crippen molar-refractivity contribution in [3.63, 3.8) is 0 Å². The smallest absolute Gasteiger partial charge is 0.235 e. The van der Waals surface area contributed by atoms with E-state index in [1.807, 2.05) is 0 Å². The van der Waals surface area contributed by atoms with Gasteiger partial charge in [0.25, 0.3) is 0 Å². The molecular formula is C13H14FNO2. The molecule has 0 radical (unpaired) electrons. The Morgan fingerprint density at radius 3 is 2.71 bits per heavy atom. The number of hydrogen-bond acceptors (Lipinski definition) is 3. The Balaban J connectivity index is 1.88. The second-order valence-corrected chi connectivity index (χ2v) is 4.23. The molecule has 0 atom stereocenters. The first-order chi connectivity index (χ1) is 8.28. The lowest BCUT2D eigenvalue weighted by atomic mass is 9.93. The molecule has 0 aliphatic heterocycles. The van der Waals surface area contributed by atoms with Gasteiger partial charge in [0.2, 0.25) is 6.08 Å². The van der Waals surface area contributed by atoms with Crippen molar-refractivity contribution < 1.29 is 13.9 Å². The summed E-state index contributed by atoms with van der Waals surface area (Å²) in [4.78, 5) is 13.8. The highest BCUT2D eigenvalue weighted by atomic mass is 19.1. The molecule has 1 aromatic rings. The number of halogens is 1. The lowest BCUT2D eigenvalue weighted by Gasteiger charge is -2.26. The van der Waals surface area contributed by atoms with E-state index in [1.54, 1.807) is 18.2 Å². The predicted molar refractivity (Wildman–Crippen MR) is 61.2 cm³/mol. The van der Waals surface area contributed by atoms with Crippen LogP contribution in [-0.2, 0) is 4.79 Å². The number of hydrogen-bond donors (Lipinski definition) is 0. The van der Waals surface area contributed by atoms with E-state index in [-0.39, 0.29) is 18.0 Å². The van der Waals surface area contributed by atoms with Crippen LogP contribution in [0.15, 0.2) is 29.3 Å². The van der Waals surface area contributed by atoms with Crippen LogP contribution in [0.25, 0.3) is 0 Å². The summed E-state index contributed by atoms with van der Waals surface area (Å²) in [6.07, 6.45) is 5.02. The minimum absolute atomic E-state index is 0.0832. The van der Waals surface area contributed by atoms with E-state index in [0.717, 1.165) is 25.7 Å². The average molecular weight is 235 g/mol. The predicted octanol–water partition coefficient (Wildman–Crippen LogP) is 2.85. The summed E-state index contributed by atoms with van der Waals surface area (Å²) in [6.45, 7) is 0. The third-order valence-electron chi connectivity index (χ3n) is 2.98. The van der Waals surface area contributed by atoms with E-state index in [0.29, 0.717) is 5.75 Å². The monoisotopic (exact) mass is 235 g/mol. The minimum Gasteiger partial charge on any atom is -0.490 e. The van der Waals surface area contributed by atoms with Crippen LogP contribution in [0, 0.1) is 5.82 Å². The molecule has 0 heterocycles. The number of ether oxygens (including phenoxy) is 1. The van der Waals surface area contributed by atoms with Crippen LogP contribution in [-0.4, -0.2) is 18.2 Å². The van der Waals surface area contributed by atoms with E-state index >= 15 is 0 Å². The Labute approximate surface area is 99.3 Å². The molecule has 2 rings (SSSR count). The second kappa shape index (κ2) is 5.60. The maximum atomic E-state index is 12.9. The standard InChI is InChI=1S/C13H14FNO2/c14-10-2-1-3-13(8-10)17-12-6-4-11(5-7-12)15-9-16/h1-3,8,11-12H,4-7H2. The van der Waals surface area contributed by atoms with Gasteiger partial charge in [-0.2, -0.15) is 0 Å². The first-order valence-electron chi connectivity index (χ1n) is 5.77. The van der Waals surface area contributed by atoms with Crippen molar-refractivity contribution >= 4 is 6.08 Å². The third kappa shape index (κ3) is 3.40. The summed E-state index contributed by atoms with van der Waals surface area (Å²) < 4.78 is 18.6. The molecular weight excluding hydrogens is 221 g/mol. The SMILES string of the molecule is O=C=NC1CCC(Oc2cccc(F)c2)CC1. The molecule has 0 N–H and O–H groups in total. The van der Waals surface area contributed by atoms with Gasteiger partial charge in [-0.15, -0.1) is 0 Å². The molecule has 0 aromatic heterocycles. The lowest BCUT2D eigenvalue weighted by Crippen LogP contribution is -2.25. The summed E-state index contributed by atoms with van der Waals surface area (Å²) in [5, 5.41) is 0. The van der Waals surface area contributed by atoms with Gasteiger partial charge in [-0.1, -0.05) is 6.07 Å². The van der Waals surface area contributed by atoms with Gasteiger partial charge in [0, 0.05) is 6.07 Å². The Kier molecular flexibility index (Phi) is 3.89. The number of isocyanates is 1. The molecule has 0 bridgehead atoms. The van der Waals surface area contributed by atoms with Gasteiger partial charge >= 0.3 is 0 Å². The van der Waals surface area contributed by atoms with Crippen molar-refractivity contribution in [2.45, 2.75) is 37.8 Å². The lowest BCUT2D eigenvalue weighted by molar-refractivity contribution is 0.147. The summed E-state index contributed by atoms with van der Waals surface area (Å²) in [7, 11) is 0. The van der Waals surface area contributed by atoms with Gasteiger partial charge in [0.05, 0.1) is 12.1 Å². The van der Waals surface area contributed by atoms with Crippen molar-refractivity contribution in [2.24, 2.45) is 4.99 Å². The van der Waals surface area contributed by atoms with Gasteiger partial charge in [-0.3, -0.25) is 0 Å². The second-order valence-electron chi connectivity index (χ2n) is 4.23. The molecule has 3 nitrogen and oxygen atoms in total. The fourth-order valence-electron chi connectivity index (χ4n) is 2.10. The van der Waals surface area contributed by atoms with Gasteiger partial charge in [0.1, 0.15) is 11.6 Å². The van der Waals surface area contributed by atoms with Crippen molar-refractivity contribution in [3.05, 3.63) is 30.1 Å². The van der Waals surface area contributed by atoms with Crippen LogP contribution in [0.1, 0.15) is 25.7 Å². The molecule has 0 unspecified atom stereocenters. The molecule has 0 spiro atoms. The van der Waals surface area contributed by atoms with Gasteiger partial charge in [-0.25, -0.2) is 14.2 Å². The summed E-state index contributed by atoms with van der Waals surface area (Å²) in [6, 6.07) is 6.24. The Bertz CT molecular complexity index is 421. The normalized spacial score (nSPS) is 23.8. The van der Waals surface area contributed by atoms with Crippen molar-refractivity contribution in [2.75, 3.05) is 0 Å². The Morgan fingerprint density at radius 1 is 1.29 bits per heavy atom. The van der Waals surface area contributed by atoms with Crippen molar-refractivity contribution in [3.8, 4) is 5.75 Å². The maximum Gasteiger partial charge on any atom is 0.235 e. The molecule has 1 saturated carbocycles. The Morgan fingerprint density at radius 2 is 2.06 bits per heavy atom. The fourth-order valence-corrected chi connectivity index (χ4v) is 2.10. The van der Waals surface area contributed by atoms with E-state index in [9.17, 15) is 9.18 Å². The summed E-state index contributed by atoms with van der Waals surface area (Å²) >= 11 is 0. The molecule has 0 saturated heterocycles. The largest absolute Gasteiger partial charge is 0.490 e. The maximum absolute atomic E-state index is 12.9. The summed E-state index contributed by atoms with van der Waals surface area (Å²) in [5.74, 6) is 0.272. The van der Waals surface area contributed by atoms with Crippen LogP contribution in [0.2, 0.25) is 0 Å². The quantitative estimate of drug-likeness (QED) is 0.597. The molecule has 1 aliphatic carbocycles. The van der Waals surface area contributed by atoms with Gasteiger partial charge in [0.15, 0.2) is 0 Å². The molecule has 1 aromatic carbocycles. The highest BCUT2D eigenvalue weighted by molar-refractivity contribution is 5.33. The zero-order valence-electron chi connectivity index (χ0n) is 9.43. The van der Waals surface area contributed by atoms with Crippen LogP contribution < -0.4 is 4.74 Å². The Hall–Kier alpha value is -1.67. The topological polar surface area (TPSA) is 38.7 Å². The van der Waals surface area contributed by atoms with Gasteiger partial charge < -0.3 is 4.74 Å². The summed E-state index contributed by atoms with van der Waals surface area (Å²) in [5.41, 5.74) is 0. The zero-order chi connectivity index (χ0) is 12.1. The molecule has 1 aliphatic rings. The minimum atomic E-state index is -0.290. The van der Waals surface area contributed by atoms with Gasteiger partial charge in [-0.05, 0) is 37.8 Å². The molecule has 4 heteroatoms. The van der Waals surface area contributed by atoms with Crippen LogP contribution >= 0.6 is 0 Å². The highest BCUT2D eigenvalue weighted by Gasteiger charge is 2.21. The highest BCUT2D eigenvalue weighted by Crippen LogP contribution is 2.25. The third-order valence-corrected chi connectivity index (χ3v) is 2.98. The average Bonchev–Trinajstić information content (AvgIpc) is 2.32. The number of aliphatic imine (C=N–C) groups is 1.